The Morgan fingerprint density at radius 1 is 1.25 bits per heavy atom. The van der Waals surface area contributed by atoms with Crippen molar-refractivity contribution in [2.24, 2.45) is 5.73 Å². The standard InChI is InChI=1S/C13H12Br2ClNO2S/c1-18-9-4-8(15)10(5-7(9)14)19-11(6-17)12-2-3-13(16)20-12/h2-5,11H,6,17H2,1H3. The second-order valence-corrected chi connectivity index (χ2v) is 7.36. The molecule has 1 heterocycles. The molecule has 0 bridgehead atoms. The number of benzene rings is 1. The maximum absolute atomic E-state index is 5.97. The molecular formula is C13H12Br2ClNO2S. The third kappa shape index (κ3) is 3.68. The van der Waals surface area contributed by atoms with Crippen molar-refractivity contribution >= 4 is 54.8 Å². The summed E-state index contributed by atoms with van der Waals surface area (Å²) >= 11 is 14.3. The van der Waals surface area contributed by atoms with Gasteiger partial charge in [-0.15, -0.1) is 11.3 Å². The third-order valence-electron chi connectivity index (χ3n) is 2.60. The molecule has 108 valence electrons. The lowest BCUT2D eigenvalue weighted by molar-refractivity contribution is 0.216. The van der Waals surface area contributed by atoms with Gasteiger partial charge in [-0.3, -0.25) is 0 Å². The van der Waals surface area contributed by atoms with Crippen LogP contribution in [0.15, 0.2) is 33.2 Å². The van der Waals surface area contributed by atoms with Crippen LogP contribution in [0, 0.1) is 0 Å². The lowest BCUT2D eigenvalue weighted by Crippen LogP contribution is -2.17. The van der Waals surface area contributed by atoms with Gasteiger partial charge in [-0.05, 0) is 56.1 Å². The number of hydrogen-bond acceptors (Lipinski definition) is 4. The van der Waals surface area contributed by atoms with Crippen LogP contribution in [0.5, 0.6) is 11.5 Å². The average Bonchev–Trinajstić information content (AvgIpc) is 2.85. The van der Waals surface area contributed by atoms with Crippen molar-refractivity contribution in [2.75, 3.05) is 13.7 Å². The van der Waals surface area contributed by atoms with E-state index in [1.54, 1.807) is 7.11 Å². The van der Waals surface area contributed by atoms with E-state index in [2.05, 4.69) is 31.9 Å². The maximum atomic E-state index is 5.97. The Kier molecular flexibility index (Phi) is 5.74. The molecule has 0 saturated heterocycles. The normalized spacial score (nSPS) is 12.2. The molecule has 1 aromatic carbocycles. The van der Waals surface area contributed by atoms with Crippen molar-refractivity contribution in [2.45, 2.75) is 6.10 Å². The fourth-order valence-electron chi connectivity index (χ4n) is 1.63. The minimum absolute atomic E-state index is 0.232. The van der Waals surface area contributed by atoms with E-state index in [1.807, 2.05) is 24.3 Å². The van der Waals surface area contributed by atoms with Gasteiger partial charge in [-0.1, -0.05) is 11.6 Å². The van der Waals surface area contributed by atoms with E-state index in [4.69, 9.17) is 26.8 Å². The minimum Gasteiger partial charge on any atom is -0.496 e. The predicted octanol–water partition coefficient (Wildman–Crippen LogP) is 5.01. The SMILES string of the molecule is COc1cc(Br)c(OC(CN)c2ccc(Cl)s2)cc1Br. The van der Waals surface area contributed by atoms with Crippen LogP contribution in [-0.4, -0.2) is 13.7 Å². The summed E-state index contributed by atoms with van der Waals surface area (Å²) in [4.78, 5) is 0.997. The Morgan fingerprint density at radius 3 is 2.45 bits per heavy atom. The highest BCUT2D eigenvalue weighted by Gasteiger charge is 2.17. The van der Waals surface area contributed by atoms with Crippen LogP contribution in [0.25, 0.3) is 0 Å². The van der Waals surface area contributed by atoms with Crippen molar-refractivity contribution in [3.63, 3.8) is 0 Å². The number of rotatable bonds is 5. The number of hydrogen-bond donors (Lipinski definition) is 1. The molecule has 0 saturated carbocycles. The van der Waals surface area contributed by atoms with Gasteiger partial charge in [0.15, 0.2) is 0 Å². The van der Waals surface area contributed by atoms with Gasteiger partial charge in [-0.25, -0.2) is 0 Å². The topological polar surface area (TPSA) is 44.5 Å². The number of nitrogens with two attached hydrogens (primary N) is 1. The largest absolute Gasteiger partial charge is 0.496 e. The lowest BCUT2D eigenvalue weighted by Gasteiger charge is -2.18. The molecule has 0 spiro atoms. The average molecular weight is 442 g/mol. The molecule has 1 aromatic heterocycles. The molecule has 0 fully saturated rings. The summed E-state index contributed by atoms with van der Waals surface area (Å²) < 4.78 is 13.5. The Morgan fingerprint density at radius 2 is 1.90 bits per heavy atom. The quantitative estimate of drug-likeness (QED) is 0.709. The van der Waals surface area contributed by atoms with Crippen LogP contribution in [0.3, 0.4) is 0 Å². The van der Waals surface area contributed by atoms with Gasteiger partial charge in [0.2, 0.25) is 0 Å². The van der Waals surface area contributed by atoms with Gasteiger partial charge < -0.3 is 15.2 Å². The van der Waals surface area contributed by atoms with E-state index in [9.17, 15) is 0 Å². The van der Waals surface area contributed by atoms with Crippen molar-refractivity contribution in [1.82, 2.24) is 0 Å². The van der Waals surface area contributed by atoms with Crippen molar-refractivity contribution in [1.29, 1.82) is 0 Å². The fraction of sp³-hybridized carbons (Fsp3) is 0.231. The van der Waals surface area contributed by atoms with Crippen LogP contribution < -0.4 is 15.2 Å². The highest BCUT2D eigenvalue weighted by molar-refractivity contribution is 9.11. The molecule has 7 heteroatoms. The van der Waals surface area contributed by atoms with Gasteiger partial charge in [0.1, 0.15) is 17.6 Å². The van der Waals surface area contributed by atoms with Crippen LogP contribution in [-0.2, 0) is 0 Å². The van der Waals surface area contributed by atoms with Gasteiger partial charge in [0.05, 0.1) is 20.4 Å². The van der Waals surface area contributed by atoms with Crippen LogP contribution in [0.2, 0.25) is 4.34 Å². The van der Waals surface area contributed by atoms with Crippen molar-refractivity contribution < 1.29 is 9.47 Å². The fourth-order valence-corrected chi connectivity index (χ4v) is 3.64. The summed E-state index contributed by atoms with van der Waals surface area (Å²) in [5.74, 6) is 1.42. The van der Waals surface area contributed by atoms with E-state index in [1.165, 1.54) is 11.3 Å². The molecule has 0 amide bonds. The molecule has 0 aliphatic carbocycles. The first kappa shape index (κ1) is 16.1. The molecule has 1 unspecified atom stereocenters. The zero-order chi connectivity index (χ0) is 14.7. The predicted molar refractivity (Wildman–Crippen MR) is 90.1 cm³/mol. The molecular weight excluding hydrogens is 429 g/mol. The van der Waals surface area contributed by atoms with Gasteiger partial charge >= 0.3 is 0 Å². The first-order valence-corrected chi connectivity index (χ1v) is 8.48. The summed E-state index contributed by atoms with van der Waals surface area (Å²) in [6.45, 7) is 0.368. The lowest BCUT2D eigenvalue weighted by atomic mass is 10.2. The molecule has 3 nitrogen and oxygen atoms in total. The summed E-state index contributed by atoms with van der Waals surface area (Å²) in [7, 11) is 1.61. The molecule has 2 aromatic rings. The van der Waals surface area contributed by atoms with Crippen LogP contribution in [0.1, 0.15) is 11.0 Å². The summed E-state index contributed by atoms with van der Waals surface area (Å²) in [5, 5.41) is 0. The van der Waals surface area contributed by atoms with Gasteiger partial charge in [-0.2, -0.15) is 0 Å². The monoisotopic (exact) mass is 439 g/mol. The smallest absolute Gasteiger partial charge is 0.145 e. The summed E-state index contributed by atoms with van der Waals surface area (Å²) in [6.07, 6.45) is -0.232. The first-order valence-electron chi connectivity index (χ1n) is 5.70. The Labute approximate surface area is 143 Å². The molecule has 0 aliphatic heterocycles. The maximum Gasteiger partial charge on any atom is 0.145 e. The molecule has 2 N–H and O–H groups in total. The van der Waals surface area contributed by atoms with Gasteiger partial charge in [0, 0.05) is 11.4 Å². The number of halogens is 3. The second kappa shape index (κ2) is 7.13. The number of ether oxygens (including phenoxy) is 2. The van der Waals surface area contributed by atoms with Crippen LogP contribution >= 0.6 is 54.8 Å². The van der Waals surface area contributed by atoms with Crippen molar-refractivity contribution in [3.05, 3.63) is 42.4 Å². The number of methoxy groups -OCH3 is 1. The van der Waals surface area contributed by atoms with E-state index >= 15 is 0 Å². The summed E-state index contributed by atoms with van der Waals surface area (Å²) in [6, 6.07) is 7.46. The van der Waals surface area contributed by atoms with Crippen molar-refractivity contribution in [3.8, 4) is 11.5 Å². The Balaban J connectivity index is 2.26. The molecule has 0 aliphatic rings. The molecule has 1 atom stereocenters. The zero-order valence-electron chi connectivity index (χ0n) is 10.5. The molecule has 0 radical (unpaired) electrons. The van der Waals surface area contributed by atoms with Gasteiger partial charge in [0.25, 0.3) is 0 Å². The highest BCUT2D eigenvalue weighted by Crippen LogP contribution is 2.38. The third-order valence-corrected chi connectivity index (χ3v) is 5.16. The van der Waals surface area contributed by atoms with E-state index in [0.717, 1.165) is 23.9 Å². The number of thiophene rings is 1. The first-order chi connectivity index (χ1) is 9.55. The Bertz CT molecular complexity index is 606. The zero-order valence-corrected chi connectivity index (χ0v) is 15.3. The van der Waals surface area contributed by atoms with Crippen LogP contribution in [0.4, 0.5) is 0 Å². The highest BCUT2D eigenvalue weighted by atomic mass is 79.9. The van der Waals surface area contributed by atoms with E-state index in [0.29, 0.717) is 12.3 Å². The summed E-state index contributed by atoms with van der Waals surface area (Å²) in [5.41, 5.74) is 5.79. The second-order valence-electron chi connectivity index (χ2n) is 3.90. The minimum atomic E-state index is -0.232. The van der Waals surface area contributed by atoms with E-state index in [-0.39, 0.29) is 6.10 Å². The Hall–Kier alpha value is -0.270. The molecule has 20 heavy (non-hydrogen) atoms. The molecule has 2 rings (SSSR count). The van der Waals surface area contributed by atoms with E-state index < -0.39 is 0 Å².